The van der Waals surface area contributed by atoms with Gasteiger partial charge in [0.1, 0.15) is 12.5 Å². The Bertz CT molecular complexity index is 469. The van der Waals surface area contributed by atoms with Crippen LogP contribution in [-0.2, 0) is 9.47 Å². The molecule has 1 aliphatic heterocycles. The van der Waals surface area contributed by atoms with Crippen LogP contribution in [0.5, 0.6) is 5.88 Å². The first-order valence-corrected chi connectivity index (χ1v) is 5.10. The molecule has 1 aliphatic rings. The third-order valence-corrected chi connectivity index (χ3v) is 2.21. The van der Waals surface area contributed by atoms with Crippen LogP contribution < -0.4 is 10.1 Å². The minimum absolute atomic E-state index is 0.110. The largest absolute Gasteiger partial charge is 0.481 e. The molecular formula is C10H11N3O5. The summed E-state index contributed by atoms with van der Waals surface area (Å²) in [7, 11) is 1.44. The van der Waals surface area contributed by atoms with Crippen LogP contribution in [0.1, 0.15) is 0 Å². The summed E-state index contributed by atoms with van der Waals surface area (Å²) >= 11 is 0. The van der Waals surface area contributed by atoms with Gasteiger partial charge in [0.25, 0.3) is 6.29 Å². The molecule has 0 amide bonds. The van der Waals surface area contributed by atoms with Gasteiger partial charge in [-0.05, 0) is 0 Å². The summed E-state index contributed by atoms with van der Waals surface area (Å²) in [6, 6.07) is 2.75. The molecule has 0 saturated carbocycles. The molecule has 0 unspecified atom stereocenters. The Labute approximate surface area is 102 Å². The Morgan fingerprint density at radius 2 is 2.22 bits per heavy atom. The number of aromatic nitrogens is 1. The summed E-state index contributed by atoms with van der Waals surface area (Å²) in [4.78, 5) is 14.3. The standard InChI is InChI=1S/C10H11N3O5/c1-16-8-3-2-7(13(14)15)10(12-8)11-6-9-17-4-5-18-9/h2-5,9H,6H2,1H3,(H,11,12). The monoisotopic (exact) mass is 253 g/mol. The van der Waals surface area contributed by atoms with E-state index in [-0.39, 0.29) is 23.9 Å². The van der Waals surface area contributed by atoms with Gasteiger partial charge in [-0.1, -0.05) is 0 Å². The molecular weight excluding hydrogens is 242 g/mol. The number of anilines is 1. The van der Waals surface area contributed by atoms with Gasteiger partial charge in [-0.2, -0.15) is 4.98 Å². The van der Waals surface area contributed by atoms with Gasteiger partial charge in [0.15, 0.2) is 0 Å². The minimum Gasteiger partial charge on any atom is -0.481 e. The van der Waals surface area contributed by atoms with Crippen LogP contribution in [0.25, 0.3) is 0 Å². The van der Waals surface area contributed by atoms with Crippen molar-refractivity contribution in [1.29, 1.82) is 0 Å². The molecule has 0 aromatic carbocycles. The van der Waals surface area contributed by atoms with E-state index >= 15 is 0 Å². The highest BCUT2D eigenvalue weighted by Crippen LogP contribution is 2.25. The van der Waals surface area contributed by atoms with Crippen LogP contribution >= 0.6 is 0 Å². The van der Waals surface area contributed by atoms with E-state index in [0.29, 0.717) is 0 Å². The van der Waals surface area contributed by atoms with E-state index in [2.05, 4.69) is 10.3 Å². The summed E-state index contributed by atoms with van der Waals surface area (Å²) in [5, 5.41) is 13.6. The Morgan fingerprint density at radius 1 is 1.50 bits per heavy atom. The maximum absolute atomic E-state index is 10.8. The zero-order chi connectivity index (χ0) is 13.0. The number of nitrogens with zero attached hydrogens (tertiary/aromatic N) is 2. The zero-order valence-corrected chi connectivity index (χ0v) is 9.53. The number of rotatable bonds is 5. The molecule has 18 heavy (non-hydrogen) atoms. The van der Waals surface area contributed by atoms with E-state index in [1.807, 2.05) is 0 Å². The van der Waals surface area contributed by atoms with Crippen molar-refractivity contribution in [3.05, 3.63) is 34.8 Å². The number of pyridine rings is 1. The molecule has 0 fully saturated rings. The normalized spacial score (nSPS) is 13.8. The maximum atomic E-state index is 10.8. The highest BCUT2D eigenvalue weighted by molar-refractivity contribution is 5.57. The van der Waals surface area contributed by atoms with E-state index < -0.39 is 11.2 Å². The third-order valence-electron chi connectivity index (χ3n) is 2.21. The summed E-state index contributed by atoms with van der Waals surface area (Å²) in [5.41, 5.74) is -0.137. The minimum atomic E-state index is -0.524. The molecule has 0 atom stereocenters. The van der Waals surface area contributed by atoms with Crippen LogP contribution in [0.15, 0.2) is 24.7 Å². The summed E-state index contributed by atoms with van der Waals surface area (Å²) in [5.74, 6) is 0.396. The van der Waals surface area contributed by atoms with Gasteiger partial charge in [-0.15, -0.1) is 0 Å². The number of nitro groups is 1. The number of nitrogens with one attached hydrogen (secondary N) is 1. The first kappa shape index (κ1) is 12.0. The molecule has 0 spiro atoms. The van der Waals surface area contributed by atoms with Gasteiger partial charge in [0, 0.05) is 12.1 Å². The Kier molecular flexibility index (Phi) is 3.46. The second-order valence-corrected chi connectivity index (χ2v) is 3.33. The highest BCUT2D eigenvalue weighted by atomic mass is 16.7. The predicted octanol–water partition coefficient (Wildman–Crippen LogP) is 1.25. The lowest BCUT2D eigenvalue weighted by Crippen LogP contribution is -2.21. The lowest BCUT2D eigenvalue weighted by atomic mass is 10.4. The van der Waals surface area contributed by atoms with Crippen molar-refractivity contribution in [2.75, 3.05) is 19.0 Å². The number of hydrogen-bond donors (Lipinski definition) is 1. The highest BCUT2D eigenvalue weighted by Gasteiger charge is 2.19. The van der Waals surface area contributed by atoms with Gasteiger partial charge in [0.05, 0.1) is 18.6 Å². The molecule has 8 nitrogen and oxygen atoms in total. The molecule has 1 N–H and O–H groups in total. The lowest BCUT2D eigenvalue weighted by molar-refractivity contribution is -0.384. The molecule has 1 aromatic rings. The van der Waals surface area contributed by atoms with E-state index in [9.17, 15) is 10.1 Å². The Hall–Kier alpha value is -2.51. The molecule has 0 radical (unpaired) electrons. The quantitative estimate of drug-likeness (QED) is 0.623. The maximum Gasteiger partial charge on any atom is 0.311 e. The molecule has 0 bridgehead atoms. The first-order valence-electron chi connectivity index (χ1n) is 5.10. The molecule has 96 valence electrons. The number of hydrogen-bond acceptors (Lipinski definition) is 7. The van der Waals surface area contributed by atoms with Crippen LogP contribution in [0, 0.1) is 10.1 Å². The first-order chi connectivity index (χ1) is 8.70. The summed E-state index contributed by atoms with van der Waals surface area (Å²) in [6.07, 6.45) is 2.29. The third kappa shape index (κ3) is 2.59. The SMILES string of the molecule is COc1ccc([N+](=O)[O-])c(NCC2OC=CO2)n1. The van der Waals surface area contributed by atoms with Crippen molar-refractivity contribution < 1.29 is 19.1 Å². The van der Waals surface area contributed by atoms with Crippen LogP contribution in [0.2, 0.25) is 0 Å². The van der Waals surface area contributed by atoms with E-state index in [0.717, 1.165) is 0 Å². The van der Waals surface area contributed by atoms with Crippen molar-refractivity contribution in [3.63, 3.8) is 0 Å². The van der Waals surface area contributed by atoms with Gasteiger partial charge < -0.3 is 19.5 Å². The van der Waals surface area contributed by atoms with Crippen molar-refractivity contribution in [3.8, 4) is 5.88 Å². The molecule has 1 aromatic heterocycles. The van der Waals surface area contributed by atoms with Crippen molar-refractivity contribution in [2.45, 2.75) is 6.29 Å². The summed E-state index contributed by atoms with van der Waals surface area (Å²) < 4.78 is 15.0. The van der Waals surface area contributed by atoms with Gasteiger partial charge in [-0.25, -0.2) is 0 Å². The second-order valence-electron chi connectivity index (χ2n) is 3.33. The molecule has 8 heteroatoms. The molecule has 0 aliphatic carbocycles. The van der Waals surface area contributed by atoms with Crippen LogP contribution in [0.4, 0.5) is 11.5 Å². The van der Waals surface area contributed by atoms with Crippen molar-refractivity contribution in [2.24, 2.45) is 0 Å². The Balaban J connectivity index is 2.10. The van der Waals surface area contributed by atoms with Gasteiger partial charge in [0.2, 0.25) is 11.7 Å². The fraction of sp³-hybridized carbons (Fsp3) is 0.300. The molecule has 0 saturated heterocycles. The molecule has 2 rings (SSSR count). The average molecular weight is 253 g/mol. The summed E-state index contributed by atoms with van der Waals surface area (Å²) in [6.45, 7) is 0.230. The number of methoxy groups -OCH3 is 1. The van der Waals surface area contributed by atoms with Crippen LogP contribution in [-0.4, -0.2) is 29.9 Å². The topological polar surface area (TPSA) is 95.8 Å². The lowest BCUT2D eigenvalue weighted by Gasteiger charge is -2.12. The van der Waals surface area contributed by atoms with Gasteiger partial charge in [-0.3, -0.25) is 10.1 Å². The number of ether oxygens (including phenoxy) is 3. The fourth-order valence-corrected chi connectivity index (χ4v) is 1.37. The van der Waals surface area contributed by atoms with Crippen molar-refractivity contribution >= 4 is 11.5 Å². The fourth-order valence-electron chi connectivity index (χ4n) is 1.37. The average Bonchev–Trinajstić information content (AvgIpc) is 2.88. The van der Waals surface area contributed by atoms with Crippen molar-refractivity contribution in [1.82, 2.24) is 4.98 Å². The van der Waals surface area contributed by atoms with E-state index in [1.54, 1.807) is 0 Å². The smallest absolute Gasteiger partial charge is 0.311 e. The second kappa shape index (κ2) is 5.21. The van der Waals surface area contributed by atoms with Crippen LogP contribution in [0.3, 0.4) is 0 Å². The van der Waals surface area contributed by atoms with E-state index in [1.165, 1.54) is 31.8 Å². The Morgan fingerprint density at radius 3 is 2.83 bits per heavy atom. The predicted molar refractivity (Wildman–Crippen MR) is 61.0 cm³/mol. The van der Waals surface area contributed by atoms with Gasteiger partial charge >= 0.3 is 5.69 Å². The zero-order valence-electron chi connectivity index (χ0n) is 9.53. The molecule has 2 heterocycles. The van der Waals surface area contributed by atoms with E-state index in [4.69, 9.17) is 14.2 Å².